The number of carboxylic acids is 1. The number of nitrogens with one attached hydrogen (secondary N) is 1. The third kappa shape index (κ3) is 3.90. The first-order chi connectivity index (χ1) is 9.88. The summed E-state index contributed by atoms with van der Waals surface area (Å²) < 4.78 is 0.796. The van der Waals surface area contributed by atoms with Gasteiger partial charge in [0.25, 0.3) is 0 Å². The van der Waals surface area contributed by atoms with Crippen LogP contribution in [0.4, 0.5) is 5.69 Å². The van der Waals surface area contributed by atoms with Gasteiger partial charge in [-0.2, -0.15) is 0 Å². The molecule has 110 valence electrons. The molecule has 0 heterocycles. The van der Waals surface area contributed by atoms with Crippen molar-refractivity contribution >= 4 is 50.8 Å². The first kappa shape index (κ1) is 16.1. The summed E-state index contributed by atoms with van der Waals surface area (Å²) in [5.74, 6) is -0.987. The summed E-state index contributed by atoms with van der Waals surface area (Å²) in [7, 11) is 0. The number of hydrogen-bond donors (Lipinski definition) is 2. The molecule has 0 aliphatic carbocycles. The second-order valence-electron chi connectivity index (χ2n) is 4.53. The predicted molar refractivity (Wildman–Crippen MR) is 89.6 cm³/mol. The molecule has 1 atom stereocenters. The van der Waals surface area contributed by atoms with Crippen molar-refractivity contribution in [2.24, 2.45) is 0 Å². The van der Waals surface area contributed by atoms with E-state index in [2.05, 4.69) is 21.2 Å². The van der Waals surface area contributed by atoms with E-state index in [4.69, 9.17) is 23.2 Å². The first-order valence-corrected chi connectivity index (χ1v) is 7.67. The van der Waals surface area contributed by atoms with Gasteiger partial charge in [-0.05, 0) is 42.8 Å². The van der Waals surface area contributed by atoms with Crippen LogP contribution >= 0.6 is 39.1 Å². The summed E-state index contributed by atoms with van der Waals surface area (Å²) in [6, 6.07) is 10.0. The second-order valence-corrected chi connectivity index (χ2v) is 6.29. The summed E-state index contributed by atoms with van der Waals surface area (Å²) in [5, 5.41) is 13.5. The molecule has 2 aromatic rings. The number of anilines is 1. The van der Waals surface area contributed by atoms with Crippen LogP contribution in [-0.2, 0) is 0 Å². The quantitative estimate of drug-likeness (QED) is 0.713. The average Bonchev–Trinajstić information content (AvgIpc) is 2.37. The van der Waals surface area contributed by atoms with Crippen molar-refractivity contribution < 1.29 is 9.90 Å². The molecule has 6 heteroatoms. The van der Waals surface area contributed by atoms with Gasteiger partial charge in [0.2, 0.25) is 0 Å². The standard InChI is InChI=1S/C15H12BrCl2NO2/c1-8(11-5-3-10(17)7-13(11)18)19-14-6-9(16)2-4-12(14)15(20)21/h2-8,19H,1H3,(H,20,21). The lowest BCUT2D eigenvalue weighted by molar-refractivity contribution is 0.0698. The lowest BCUT2D eigenvalue weighted by Crippen LogP contribution is -2.11. The van der Waals surface area contributed by atoms with Crippen LogP contribution in [0.3, 0.4) is 0 Å². The van der Waals surface area contributed by atoms with Gasteiger partial charge in [0.05, 0.1) is 17.3 Å². The van der Waals surface area contributed by atoms with Crippen LogP contribution in [0.15, 0.2) is 40.9 Å². The van der Waals surface area contributed by atoms with Crippen molar-refractivity contribution in [3.05, 3.63) is 62.0 Å². The van der Waals surface area contributed by atoms with Crippen LogP contribution in [0.1, 0.15) is 28.9 Å². The Hall–Kier alpha value is -1.23. The van der Waals surface area contributed by atoms with Crippen LogP contribution in [0.2, 0.25) is 10.0 Å². The Balaban J connectivity index is 2.33. The summed E-state index contributed by atoms with van der Waals surface area (Å²) in [5.41, 5.74) is 1.57. The fourth-order valence-corrected chi connectivity index (χ4v) is 2.92. The highest BCUT2D eigenvalue weighted by Crippen LogP contribution is 2.30. The topological polar surface area (TPSA) is 49.3 Å². The molecule has 0 saturated heterocycles. The van der Waals surface area contributed by atoms with Crippen LogP contribution in [-0.4, -0.2) is 11.1 Å². The van der Waals surface area contributed by atoms with Crippen LogP contribution in [0.5, 0.6) is 0 Å². The molecule has 1 unspecified atom stereocenters. The van der Waals surface area contributed by atoms with Crippen LogP contribution in [0.25, 0.3) is 0 Å². The molecule has 0 aliphatic heterocycles. The monoisotopic (exact) mass is 387 g/mol. The highest BCUT2D eigenvalue weighted by atomic mass is 79.9. The molecule has 0 radical (unpaired) electrons. The SMILES string of the molecule is CC(Nc1cc(Br)ccc1C(=O)O)c1ccc(Cl)cc1Cl. The summed E-state index contributed by atoms with van der Waals surface area (Å²) in [6.45, 7) is 1.90. The Kier molecular flexibility index (Phi) is 5.14. The van der Waals surface area contributed by atoms with Crippen molar-refractivity contribution in [1.82, 2.24) is 0 Å². The zero-order valence-electron chi connectivity index (χ0n) is 11.0. The predicted octanol–water partition coefficient (Wildman–Crippen LogP) is 5.63. The summed E-state index contributed by atoms with van der Waals surface area (Å²) >= 11 is 15.4. The summed E-state index contributed by atoms with van der Waals surface area (Å²) in [4.78, 5) is 11.3. The van der Waals surface area contributed by atoms with Crippen molar-refractivity contribution in [2.45, 2.75) is 13.0 Å². The minimum absolute atomic E-state index is 0.165. The largest absolute Gasteiger partial charge is 0.478 e. The Morgan fingerprint density at radius 1 is 1.24 bits per heavy atom. The molecule has 2 N–H and O–H groups in total. The van der Waals surface area contributed by atoms with Crippen LogP contribution < -0.4 is 5.32 Å². The second kappa shape index (κ2) is 6.69. The van der Waals surface area contributed by atoms with Gasteiger partial charge in [-0.15, -0.1) is 0 Å². The zero-order chi connectivity index (χ0) is 15.6. The van der Waals surface area contributed by atoms with E-state index in [1.165, 1.54) is 0 Å². The molecular formula is C15H12BrCl2NO2. The van der Waals surface area contributed by atoms with Gasteiger partial charge in [0, 0.05) is 14.5 Å². The van der Waals surface area contributed by atoms with Crippen molar-refractivity contribution in [2.75, 3.05) is 5.32 Å². The molecule has 2 rings (SSSR count). The minimum Gasteiger partial charge on any atom is -0.478 e. The molecule has 0 fully saturated rings. The van der Waals surface area contributed by atoms with E-state index in [9.17, 15) is 9.90 Å². The van der Waals surface area contributed by atoms with Gasteiger partial charge in [-0.1, -0.05) is 45.2 Å². The van der Waals surface area contributed by atoms with Crippen molar-refractivity contribution in [3.8, 4) is 0 Å². The van der Waals surface area contributed by atoms with Gasteiger partial charge in [-0.25, -0.2) is 4.79 Å². The van der Waals surface area contributed by atoms with E-state index in [1.54, 1.807) is 30.3 Å². The molecule has 0 aliphatic rings. The fourth-order valence-electron chi connectivity index (χ4n) is 1.99. The van der Waals surface area contributed by atoms with Gasteiger partial charge in [-0.3, -0.25) is 0 Å². The van der Waals surface area contributed by atoms with Crippen LogP contribution in [0, 0.1) is 0 Å². The molecule has 0 amide bonds. The molecule has 2 aromatic carbocycles. The number of halogens is 3. The van der Waals surface area contributed by atoms with E-state index >= 15 is 0 Å². The van der Waals surface area contributed by atoms with Gasteiger partial charge in [0.1, 0.15) is 0 Å². The number of hydrogen-bond acceptors (Lipinski definition) is 2. The molecular weight excluding hydrogens is 377 g/mol. The Labute approximate surface area is 141 Å². The molecule has 0 bridgehead atoms. The van der Waals surface area contributed by atoms with E-state index in [1.807, 2.05) is 13.0 Å². The lowest BCUT2D eigenvalue weighted by Gasteiger charge is -2.19. The molecule has 0 aromatic heterocycles. The molecule has 0 saturated carbocycles. The third-order valence-corrected chi connectivity index (χ3v) is 4.07. The molecule has 21 heavy (non-hydrogen) atoms. The van der Waals surface area contributed by atoms with E-state index in [0.29, 0.717) is 15.7 Å². The number of carboxylic acid groups (broad SMARTS) is 1. The Morgan fingerprint density at radius 2 is 1.95 bits per heavy atom. The molecule has 0 spiro atoms. The van der Waals surface area contributed by atoms with E-state index in [0.717, 1.165) is 10.0 Å². The number of carbonyl (C=O) groups is 1. The highest BCUT2D eigenvalue weighted by molar-refractivity contribution is 9.10. The highest BCUT2D eigenvalue weighted by Gasteiger charge is 2.15. The number of rotatable bonds is 4. The van der Waals surface area contributed by atoms with Crippen molar-refractivity contribution in [1.29, 1.82) is 0 Å². The average molecular weight is 389 g/mol. The number of benzene rings is 2. The van der Waals surface area contributed by atoms with E-state index < -0.39 is 5.97 Å². The molecule has 3 nitrogen and oxygen atoms in total. The fraction of sp³-hybridized carbons (Fsp3) is 0.133. The Morgan fingerprint density at radius 3 is 2.57 bits per heavy atom. The smallest absolute Gasteiger partial charge is 0.337 e. The Bertz CT molecular complexity index is 691. The van der Waals surface area contributed by atoms with Gasteiger partial charge in [0.15, 0.2) is 0 Å². The zero-order valence-corrected chi connectivity index (χ0v) is 14.1. The summed E-state index contributed by atoms with van der Waals surface area (Å²) in [6.07, 6.45) is 0. The normalized spacial score (nSPS) is 12.0. The number of aromatic carboxylic acids is 1. The third-order valence-electron chi connectivity index (χ3n) is 3.01. The van der Waals surface area contributed by atoms with E-state index in [-0.39, 0.29) is 11.6 Å². The van der Waals surface area contributed by atoms with Gasteiger partial charge < -0.3 is 10.4 Å². The van der Waals surface area contributed by atoms with Crippen molar-refractivity contribution in [3.63, 3.8) is 0 Å². The minimum atomic E-state index is -0.987. The maximum Gasteiger partial charge on any atom is 0.337 e. The first-order valence-electron chi connectivity index (χ1n) is 6.13. The lowest BCUT2D eigenvalue weighted by atomic mass is 10.1. The van der Waals surface area contributed by atoms with Gasteiger partial charge >= 0.3 is 5.97 Å². The maximum atomic E-state index is 11.3. The maximum absolute atomic E-state index is 11.3.